The lowest BCUT2D eigenvalue weighted by Crippen LogP contribution is -2.11. The van der Waals surface area contributed by atoms with Crippen LogP contribution in [0, 0.1) is 0 Å². The minimum absolute atomic E-state index is 0.144. The van der Waals surface area contributed by atoms with Crippen molar-refractivity contribution in [1.82, 2.24) is 9.97 Å². The maximum atomic E-state index is 12.2. The minimum Gasteiger partial charge on any atom is -0.459 e. The zero-order valence-electron chi connectivity index (χ0n) is 16.5. The van der Waals surface area contributed by atoms with Gasteiger partial charge in [-0.15, -0.1) is 23.1 Å². The van der Waals surface area contributed by atoms with E-state index in [1.165, 1.54) is 0 Å². The first-order valence-electron chi connectivity index (χ1n) is 9.42. The molecular formula is C23H19ClN2O2S2. The average Bonchev–Trinajstić information content (AvgIpc) is 3.17. The molecule has 0 aliphatic rings. The summed E-state index contributed by atoms with van der Waals surface area (Å²) in [7, 11) is 0. The second kappa shape index (κ2) is 9.16. The molecule has 152 valence electrons. The molecule has 4 aromatic rings. The topological polar surface area (TPSA) is 52.1 Å². The van der Waals surface area contributed by atoms with Crippen molar-refractivity contribution < 1.29 is 9.53 Å². The van der Waals surface area contributed by atoms with E-state index in [1.54, 1.807) is 35.5 Å². The van der Waals surface area contributed by atoms with Crippen LogP contribution in [-0.2, 0) is 10.5 Å². The summed E-state index contributed by atoms with van der Waals surface area (Å²) in [4.78, 5) is 22.1. The van der Waals surface area contributed by atoms with Crippen LogP contribution in [0.5, 0.6) is 0 Å². The number of benzene rings is 2. The third-order valence-electron chi connectivity index (χ3n) is 4.37. The maximum absolute atomic E-state index is 12.2. The monoisotopic (exact) mass is 454 g/mol. The number of hydrogen-bond acceptors (Lipinski definition) is 6. The molecule has 0 unspecified atom stereocenters. The molecule has 4 nitrogen and oxygen atoms in total. The highest BCUT2D eigenvalue weighted by atomic mass is 35.5. The van der Waals surface area contributed by atoms with Gasteiger partial charge in [0.15, 0.2) is 0 Å². The van der Waals surface area contributed by atoms with Gasteiger partial charge in [-0.3, -0.25) is 0 Å². The summed E-state index contributed by atoms with van der Waals surface area (Å²) in [6, 6.07) is 15.3. The number of aromatic nitrogens is 2. The van der Waals surface area contributed by atoms with E-state index in [0.29, 0.717) is 16.3 Å². The molecule has 0 saturated carbocycles. The third kappa shape index (κ3) is 4.67. The zero-order valence-corrected chi connectivity index (χ0v) is 18.9. The van der Waals surface area contributed by atoms with Gasteiger partial charge in [-0.25, -0.2) is 14.8 Å². The van der Waals surface area contributed by atoms with Crippen LogP contribution in [0.15, 0.2) is 65.3 Å². The largest absolute Gasteiger partial charge is 0.459 e. The number of halogens is 1. The van der Waals surface area contributed by atoms with Crippen LogP contribution in [0.3, 0.4) is 0 Å². The second-order valence-electron chi connectivity index (χ2n) is 6.96. The molecule has 2 heterocycles. The highest BCUT2D eigenvalue weighted by molar-refractivity contribution is 7.98. The molecule has 0 bridgehead atoms. The Morgan fingerprint density at radius 1 is 1.17 bits per heavy atom. The predicted molar refractivity (Wildman–Crippen MR) is 124 cm³/mol. The first-order chi connectivity index (χ1) is 14.5. The van der Waals surface area contributed by atoms with Crippen molar-refractivity contribution in [2.45, 2.75) is 30.7 Å². The van der Waals surface area contributed by atoms with Crippen molar-refractivity contribution in [3.8, 4) is 11.1 Å². The number of esters is 1. The number of hydrogen-bond donors (Lipinski definition) is 0. The molecule has 7 heteroatoms. The number of thiophene rings is 1. The molecule has 0 N–H and O–H groups in total. The van der Waals surface area contributed by atoms with Crippen LogP contribution in [0.2, 0.25) is 5.02 Å². The Hall–Kier alpha value is -2.41. The number of carbonyl (C=O) groups is 1. The lowest BCUT2D eigenvalue weighted by molar-refractivity contribution is 0.0378. The van der Waals surface area contributed by atoms with Gasteiger partial charge in [0.1, 0.15) is 16.2 Å². The van der Waals surface area contributed by atoms with Crippen LogP contribution >= 0.6 is 34.7 Å². The molecule has 0 fully saturated rings. The SMILES string of the molecule is CC(C)OC(=O)c1cccc(CSc2ncnc3scc(-c4ccc(Cl)cc4)c23)c1. The Morgan fingerprint density at radius 3 is 2.73 bits per heavy atom. The first kappa shape index (κ1) is 20.8. The zero-order chi connectivity index (χ0) is 21.1. The standard InChI is InChI=1S/C23H19ClN2O2S2/c1-14(2)28-23(27)17-5-3-4-15(10-17)11-29-21-20-19(12-30-22(20)26-13-25-21)16-6-8-18(24)9-7-16/h3-10,12-14H,11H2,1-2H3. The molecule has 0 saturated heterocycles. The number of rotatable bonds is 6. The van der Waals surface area contributed by atoms with E-state index in [2.05, 4.69) is 15.3 Å². The van der Waals surface area contributed by atoms with Crippen molar-refractivity contribution in [2.75, 3.05) is 0 Å². The van der Waals surface area contributed by atoms with E-state index in [4.69, 9.17) is 16.3 Å². The summed E-state index contributed by atoms with van der Waals surface area (Å²) < 4.78 is 5.30. The van der Waals surface area contributed by atoms with Crippen LogP contribution in [0.4, 0.5) is 0 Å². The maximum Gasteiger partial charge on any atom is 0.338 e. The fraction of sp³-hybridized carbons (Fsp3) is 0.174. The Labute approximate surface area is 188 Å². The number of fused-ring (bicyclic) bond motifs is 1. The highest BCUT2D eigenvalue weighted by Crippen LogP contribution is 2.38. The van der Waals surface area contributed by atoms with Gasteiger partial charge in [-0.1, -0.05) is 35.9 Å². The van der Waals surface area contributed by atoms with Crippen molar-refractivity contribution in [3.63, 3.8) is 0 Å². The Morgan fingerprint density at radius 2 is 1.97 bits per heavy atom. The van der Waals surface area contributed by atoms with Gasteiger partial charge in [0.05, 0.1) is 17.1 Å². The van der Waals surface area contributed by atoms with Crippen LogP contribution in [0.1, 0.15) is 29.8 Å². The Bertz CT molecular complexity index is 1190. The van der Waals surface area contributed by atoms with Gasteiger partial charge >= 0.3 is 5.97 Å². The molecule has 4 rings (SSSR count). The normalized spacial score (nSPS) is 11.2. The molecule has 30 heavy (non-hydrogen) atoms. The van der Waals surface area contributed by atoms with E-state index in [0.717, 1.165) is 31.9 Å². The van der Waals surface area contributed by atoms with E-state index in [9.17, 15) is 4.79 Å². The smallest absolute Gasteiger partial charge is 0.338 e. The quantitative estimate of drug-likeness (QED) is 0.181. The number of ether oxygens (including phenoxy) is 1. The molecular weight excluding hydrogens is 436 g/mol. The first-order valence-corrected chi connectivity index (χ1v) is 11.7. The van der Waals surface area contributed by atoms with Crippen molar-refractivity contribution in [3.05, 3.63) is 76.4 Å². The van der Waals surface area contributed by atoms with Crippen molar-refractivity contribution in [1.29, 1.82) is 0 Å². The number of thioether (sulfide) groups is 1. The van der Waals surface area contributed by atoms with Gasteiger partial charge in [0.25, 0.3) is 0 Å². The minimum atomic E-state index is -0.302. The number of carbonyl (C=O) groups excluding carboxylic acids is 1. The van der Waals surface area contributed by atoms with Gasteiger partial charge in [-0.05, 0) is 49.2 Å². The predicted octanol–water partition coefficient (Wildman–Crippen LogP) is 6.87. The molecule has 0 spiro atoms. The fourth-order valence-electron chi connectivity index (χ4n) is 3.02. The highest BCUT2D eigenvalue weighted by Gasteiger charge is 2.14. The Balaban J connectivity index is 1.60. The van der Waals surface area contributed by atoms with E-state index >= 15 is 0 Å². The van der Waals surface area contributed by atoms with Crippen molar-refractivity contribution >= 4 is 50.9 Å². The van der Waals surface area contributed by atoms with E-state index in [-0.39, 0.29) is 12.1 Å². The molecule has 0 aliphatic carbocycles. The van der Waals surface area contributed by atoms with Gasteiger partial charge in [-0.2, -0.15) is 0 Å². The fourth-order valence-corrected chi connectivity index (χ4v) is 5.08. The van der Waals surface area contributed by atoms with Gasteiger partial charge in [0.2, 0.25) is 0 Å². The Kier molecular flexibility index (Phi) is 6.37. The van der Waals surface area contributed by atoms with Gasteiger partial charge in [0, 0.05) is 21.7 Å². The second-order valence-corrected chi connectivity index (χ2v) is 9.22. The molecule has 0 radical (unpaired) electrons. The molecule has 2 aromatic heterocycles. The lowest BCUT2D eigenvalue weighted by Gasteiger charge is -2.09. The number of nitrogens with zero attached hydrogens (tertiary/aromatic N) is 2. The summed E-state index contributed by atoms with van der Waals surface area (Å²) >= 11 is 9.28. The summed E-state index contributed by atoms with van der Waals surface area (Å²) in [5.41, 5.74) is 3.78. The van der Waals surface area contributed by atoms with Crippen LogP contribution in [-0.4, -0.2) is 22.0 Å². The van der Waals surface area contributed by atoms with Gasteiger partial charge < -0.3 is 4.74 Å². The van der Waals surface area contributed by atoms with E-state index < -0.39 is 0 Å². The van der Waals surface area contributed by atoms with E-state index in [1.807, 2.05) is 56.3 Å². The molecule has 0 aliphatic heterocycles. The summed E-state index contributed by atoms with van der Waals surface area (Å²) in [6.45, 7) is 3.69. The lowest BCUT2D eigenvalue weighted by atomic mass is 10.1. The van der Waals surface area contributed by atoms with Crippen molar-refractivity contribution in [2.24, 2.45) is 0 Å². The summed E-state index contributed by atoms with van der Waals surface area (Å²) in [5, 5.41) is 4.78. The molecule has 2 aromatic carbocycles. The molecule has 0 amide bonds. The molecule has 0 atom stereocenters. The third-order valence-corrected chi connectivity index (χ3v) is 6.57. The van der Waals surface area contributed by atoms with Crippen LogP contribution < -0.4 is 0 Å². The average molecular weight is 455 g/mol. The summed E-state index contributed by atoms with van der Waals surface area (Å²) in [5.74, 6) is 0.384. The summed E-state index contributed by atoms with van der Waals surface area (Å²) in [6.07, 6.45) is 1.46. The van der Waals surface area contributed by atoms with Crippen LogP contribution in [0.25, 0.3) is 21.3 Å².